The second-order valence-corrected chi connectivity index (χ2v) is 9.51. The minimum absolute atomic E-state index is 0.0305. The topological polar surface area (TPSA) is 46.9 Å². The lowest BCUT2D eigenvalue weighted by molar-refractivity contribution is 0.145. The molecule has 6 heteroatoms. The largest absolute Gasteiger partial charge is 0.493 e. The Morgan fingerprint density at radius 3 is 2.71 bits per heavy atom. The molecular weight excluding hydrogens is 448 g/mol. The van der Waals surface area contributed by atoms with Gasteiger partial charge in [0.2, 0.25) is 0 Å². The number of ether oxygens (including phenoxy) is 2. The fraction of sp³-hybridized carbons (Fsp3) is 0.286. The average molecular weight is 475 g/mol. The predicted octanol–water partition coefficient (Wildman–Crippen LogP) is 5.49. The summed E-state index contributed by atoms with van der Waals surface area (Å²) in [5.74, 6) is 1.56. The Bertz CT molecular complexity index is 1370. The first kappa shape index (κ1) is 21.5. The number of hydrogen-bond acceptors (Lipinski definition) is 4. The number of hydrogen-bond donors (Lipinski definition) is 1. The predicted molar refractivity (Wildman–Crippen MR) is 133 cm³/mol. The van der Waals surface area contributed by atoms with Crippen LogP contribution in [-0.4, -0.2) is 28.2 Å². The lowest BCUT2D eigenvalue weighted by Crippen LogP contribution is -2.39. The first-order valence-electron chi connectivity index (χ1n) is 11.7. The minimum atomic E-state index is -0.0305. The van der Waals surface area contributed by atoms with Crippen molar-refractivity contribution in [3.63, 3.8) is 0 Å². The van der Waals surface area contributed by atoms with E-state index in [1.807, 2.05) is 41.0 Å². The zero-order valence-electron chi connectivity index (χ0n) is 19.1. The van der Waals surface area contributed by atoms with Crippen LogP contribution in [0.15, 0.2) is 60.7 Å². The van der Waals surface area contributed by atoms with Gasteiger partial charge in [-0.05, 0) is 65.4 Å². The van der Waals surface area contributed by atoms with Crippen LogP contribution in [0.4, 0.5) is 0 Å². The number of aromatic nitrogens is 1. The third kappa shape index (κ3) is 3.56. The van der Waals surface area contributed by atoms with Crippen molar-refractivity contribution in [3.8, 4) is 11.5 Å². The highest BCUT2D eigenvalue weighted by molar-refractivity contribution is 6.31. The van der Waals surface area contributed by atoms with Gasteiger partial charge in [-0.15, -0.1) is 0 Å². The number of rotatable bonds is 5. The highest BCUT2D eigenvalue weighted by atomic mass is 35.5. The molecule has 5 nitrogen and oxygen atoms in total. The van der Waals surface area contributed by atoms with Crippen molar-refractivity contribution in [1.82, 2.24) is 9.47 Å². The van der Waals surface area contributed by atoms with Crippen LogP contribution >= 0.6 is 11.6 Å². The highest BCUT2D eigenvalue weighted by Crippen LogP contribution is 2.45. The van der Waals surface area contributed by atoms with E-state index in [1.54, 1.807) is 7.11 Å². The quantitative estimate of drug-likeness (QED) is 0.415. The van der Waals surface area contributed by atoms with Crippen molar-refractivity contribution in [3.05, 3.63) is 93.6 Å². The van der Waals surface area contributed by atoms with Gasteiger partial charge in [0.25, 0.3) is 0 Å². The fourth-order valence-corrected chi connectivity index (χ4v) is 5.77. The summed E-state index contributed by atoms with van der Waals surface area (Å²) >= 11 is 6.36. The number of benzene rings is 3. The zero-order valence-corrected chi connectivity index (χ0v) is 19.9. The second-order valence-electron chi connectivity index (χ2n) is 9.07. The number of fused-ring (bicyclic) bond motifs is 6. The molecule has 0 saturated heterocycles. The Morgan fingerprint density at radius 1 is 1.06 bits per heavy atom. The summed E-state index contributed by atoms with van der Waals surface area (Å²) < 4.78 is 14.0. The van der Waals surface area contributed by atoms with Crippen molar-refractivity contribution >= 4 is 22.5 Å². The lowest BCUT2D eigenvalue weighted by atomic mass is 9.85. The van der Waals surface area contributed by atoms with E-state index >= 15 is 0 Å². The van der Waals surface area contributed by atoms with E-state index in [4.69, 9.17) is 21.1 Å². The molecule has 1 unspecified atom stereocenters. The van der Waals surface area contributed by atoms with E-state index in [0.717, 1.165) is 58.9 Å². The molecule has 2 aliphatic rings. The monoisotopic (exact) mass is 474 g/mol. The first-order valence-corrected chi connectivity index (χ1v) is 12.1. The molecule has 0 radical (unpaired) electrons. The van der Waals surface area contributed by atoms with Crippen molar-refractivity contribution in [2.24, 2.45) is 0 Å². The maximum atomic E-state index is 10.1. The van der Waals surface area contributed by atoms with Crippen LogP contribution in [0.3, 0.4) is 0 Å². The minimum Gasteiger partial charge on any atom is -0.493 e. The number of aliphatic hydroxyl groups is 1. The first-order chi connectivity index (χ1) is 16.7. The van der Waals surface area contributed by atoms with Crippen molar-refractivity contribution in [1.29, 1.82) is 0 Å². The number of aliphatic hydroxyl groups excluding tert-OH is 1. The molecule has 0 fully saturated rings. The molecule has 0 amide bonds. The number of methoxy groups -OCH3 is 1. The molecule has 0 saturated carbocycles. The molecule has 174 valence electrons. The molecule has 34 heavy (non-hydrogen) atoms. The second kappa shape index (κ2) is 8.66. The third-order valence-corrected chi connectivity index (χ3v) is 7.51. The van der Waals surface area contributed by atoms with Crippen LogP contribution in [0.1, 0.15) is 34.0 Å². The van der Waals surface area contributed by atoms with Gasteiger partial charge in [0.1, 0.15) is 13.3 Å². The number of nitrogens with zero attached hydrogens (tertiary/aromatic N) is 2. The van der Waals surface area contributed by atoms with Crippen LogP contribution in [0.25, 0.3) is 10.9 Å². The maximum Gasteiger partial charge on any atom is 0.162 e. The van der Waals surface area contributed by atoms with E-state index in [1.165, 1.54) is 22.4 Å². The Morgan fingerprint density at radius 2 is 1.91 bits per heavy atom. The SMILES string of the molecule is COc1cc2c(cc1OCc1ccccc1)C1Cc3c(n(CO)c4ccc(Cl)cc34)CN1CC2. The molecule has 6 rings (SSSR count). The van der Waals surface area contributed by atoms with E-state index in [2.05, 4.69) is 29.2 Å². The van der Waals surface area contributed by atoms with Gasteiger partial charge in [0, 0.05) is 35.2 Å². The molecule has 2 aliphatic heterocycles. The van der Waals surface area contributed by atoms with Gasteiger partial charge >= 0.3 is 0 Å². The summed E-state index contributed by atoms with van der Waals surface area (Å²) in [6.45, 7) is 2.24. The molecule has 0 bridgehead atoms. The Kier molecular flexibility index (Phi) is 5.48. The van der Waals surface area contributed by atoms with Crippen molar-refractivity contribution < 1.29 is 14.6 Å². The third-order valence-electron chi connectivity index (χ3n) is 7.27. The Hall–Kier alpha value is -2.99. The molecular formula is C28H27ClN2O3. The van der Waals surface area contributed by atoms with Gasteiger partial charge in [0.05, 0.1) is 12.6 Å². The fourth-order valence-electron chi connectivity index (χ4n) is 5.60. The van der Waals surface area contributed by atoms with Crippen molar-refractivity contribution in [2.75, 3.05) is 13.7 Å². The molecule has 1 N–H and O–H groups in total. The van der Waals surface area contributed by atoms with Gasteiger partial charge in [-0.2, -0.15) is 0 Å². The van der Waals surface area contributed by atoms with Crippen LogP contribution in [0, 0.1) is 0 Å². The maximum absolute atomic E-state index is 10.1. The molecule has 1 aromatic heterocycles. The molecule has 1 atom stereocenters. The van der Waals surface area contributed by atoms with Crippen LogP contribution < -0.4 is 9.47 Å². The summed E-state index contributed by atoms with van der Waals surface area (Å²) in [5.41, 5.74) is 7.25. The van der Waals surface area contributed by atoms with Gasteiger partial charge in [-0.3, -0.25) is 4.90 Å². The summed E-state index contributed by atoms with van der Waals surface area (Å²) in [6.07, 6.45) is 1.83. The van der Waals surface area contributed by atoms with Gasteiger partial charge < -0.3 is 19.1 Å². The van der Waals surface area contributed by atoms with Gasteiger partial charge in [-0.1, -0.05) is 41.9 Å². The van der Waals surface area contributed by atoms with Crippen LogP contribution in [0.2, 0.25) is 5.02 Å². The molecule has 3 aromatic carbocycles. The highest BCUT2D eigenvalue weighted by Gasteiger charge is 2.36. The van der Waals surface area contributed by atoms with E-state index in [0.29, 0.717) is 6.61 Å². The summed E-state index contributed by atoms with van der Waals surface area (Å²) in [5, 5.41) is 12.0. The number of halogens is 1. The zero-order chi connectivity index (χ0) is 23.2. The van der Waals surface area contributed by atoms with Crippen LogP contribution in [-0.2, 0) is 32.7 Å². The lowest BCUT2D eigenvalue weighted by Gasteiger charge is -2.41. The van der Waals surface area contributed by atoms with Gasteiger partial charge in [0.15, 0.2) is 11.5 Å². The summed E-state index contributed by atoms with van der Waals surface area (Å²) in [7, 11) is 1.70. The van der Waals surface area contributed by atoms with Gasteiger partial charge in [-0.25, -0.2) is 0 Å². The standard InChI is InChI=1S/C28H27ClN2O3/c1-33-27-11-19-9-10-30-15-26-23(22-12-20(29)7-8-24(22)31(26)17-32)13-25(30)21(19)14-28(27)34-16-18-5-3-2-4-6-18/h2-8,11-12,14,25,32H,9-10,13,15-17H2,1H3. The molecule has 3 heterocycles. The smallest absolute Gasteiger partial charge is 0.162 e. The molecule has 0 aliphatic carbocycles. The average Bonchev–Trinajstić information content (AvgIpc) is 3.17. The van der Waals surface area contributed by atoms with E-state index in [9.17, 15) is 5.11 Å². The Labute approximate surface area is 204 Å². The molecule has 0 spiro atoms. The van der Waals surface area contributed by atoms with E-state index in [-0.39, 0.29) is 12.8 Å². The van der Waals surface area contributed by atoms with Crippen LogP contribution in [0.5, 0.6) is 11.5 Å². The summed E-state index contributed by atoms with van der Waals surface area (Å²) in [6, 6.07) is 20.7. The molecule has 4 aromatic rings. The summed E-state index contributed by atoms with van der Waals surface area (Å²) in [4.78, 5) is 2.52. The van der Waals surface area contributed by atoms with Crippen molar-refractivity contribution in [2.45, 2.75) is 38.8 Å². The normalized spacial score (nSPS) is 17.2. The van der Waals surface area contributed by atoms with E-state index < -0.39 is 0 Å². The Balaban J connectivity index is 1.39.